The van der Waals surface area contributed by atoms with Crippen molar-refractivity contribution in [2.75, 3.05) is 13.1 Å². The van der Waals surface area contributed by atoms with E-state index in [-0.39, 0.29) is 29.9 Å². The highest BCUT2D eigenvalue weighted by molar-refractivity contribution is 5.83. The quantitative estimate of drug-likeness (QED) is 0.834. The first-order chi connectivity index (χ1) is 10.4. The average Bonchev–Trinajstić information content (AvgIpc) is 3.01. The topological polar surface area (TPSA) is 70.5 Å². The summed E-state index contributed by atoms with van der Waals surface area (Å²) in [5.74, 6) is 0.130. The van der Waals surface area contributed by atoms with Gasteiger partial charge in [0.2, 0.25) is 11.8 Å². The maximum atomic E-state index is 12.6. The predicted molar refractivity (Wildman–Crippen MR) is 80.8 cm³/mol. The summed E-state index contributed by atoms with van der Waals surface area (Å²) in [6, 6.07) is 0.141. The van der Waals surface area contributed by atoms with Gasteiger partial charge in [0.15, 0.2) is 0 Å². The van der Waals surface area contributed by atoms with Gasteiger partial charge in [0.1, 0.15) is 0 Å². The molecule has 0 radical (unpaired) electrons. The lowest BCUT2D eigenvalue weighted by Crippen LogP contribution is -2.58. The molecule has 120 valence electrons. The number of rotatable bonds is 3. The van der Waals surface area contributed by atoms with Crippen LogP contribution in [0.25, 0.3) is 0 Å². The van der Waals surface area contributed by atoms with Crippen molar-refractivity contribution in [1.82, 2.24) is 24.9 Å². The maximum Gasteiger partial charge on any atom is 0.240 e. The number of nitrogens with one attached hydrogen (secondary N) is 1. The summed E-state index contributed by atoms with van der Waals surface area (Å²) in [5.41, 5.74) is 1.12. The van der Waals surface area contributed by atoms with E-state index in [0.29, 0.717) is 6.54 Å². The van der Waals surface area contributed by atoms with Crippen molar-refractivity contribution in [3.8, 4) is 0 Å². The van der Waals surface area contributed by atoms with E-state index in [2.05, 4.69) is 15.3 Å². The highest BCUT2D eigenvalue weighted by atomic mass is 16.2. The number of aryl methyl sites for hydroxylation is 1. The maximum absolute atomic E-state index is 12.6. The van der Waals surface area contributed by atoms with Crippen molar-refractivity contribution < 1.29 is 9.59 Å². The SMILES string of the molecule is CC(=O)NC1CC2CN(Cc3cnn(C)c3)C(C)C(=O)N2C1. The molecular weight excluding hydrogens is 282 g/mol. The number of carbonyl (C=O) groups is 2. The molecule has 2 aliphatic rings. The molecule has 7 heteroatoms. The number of fused-ring (bicyclic) bond motifs is 1. The van der Waals surface area contributed by atoms with Gasteiger partial charge in [-0.2, -0.15) is 5.10 Å². The van der Waals surface area contributed by atoms with Crippen molar-refractivity contribution in [2.24, 2.45) is 7.05 Å². The third kappa shape index (κ3) is 2.85. The lowest BCUT2D eigenvalue weighted by atomic mass is 10.1. The van der Waals surface area contributed by atoms with E-state index >= 15 is 0 Å². The first-order valence-electron chi connectivity index (χ1n) is 7.73. The van der Waals surface area contributed by atoms with Crippen LogP contribution in [0.2, 0.25) is 0 Å². The van der Waals surface area contributed by atoms with Gasteiger partial charge in [-0.25, -0.2) is 0 Å². The second-order valence-corrected chi connectivity index (χ2v) is 6.41. The van der Waals surface area contributed by atoms with Gasteiger partial charge in [0.05, 0.1) is 12.2 Å². The second kappa shape index (κ2) is 5.72. The zero-order valence-electron chi connectivity index (χ0n) is 13.3. The van der Waals surface area contributed by atoms with Crippen molar-refractivity contribution in [2.45, 2.75) is 44.9 Å². The summed E-state index contributed by atoms with van der Waals surface area (Å²) in [6.45, 7) is 5.69. The van der Waals surface area contributed by atoms with Gasteiger partial charge in [-0.15, -0.1) is 0 Å². The summed E-state index contributed by atoms with van der Waals surface area (Å²) in [7, 11) is 1.89. The van der Waals surface area contributed by atoms with Crippen LogP contribution in [-0.4, -0.2) is 62.6 Å². The Kier molecular flexibility index (Phi) is 3.90. The fraction of sp³-hybridized carbons (Fsp3) is 0.667. The summed E-state index contributed by atoms with van der Waals surface area (Å²) in [5, 5.41) is 7.12. The van der Waals surface area contributed by atoms with Crippen LogP contribution in [0.1, 0.15) is 25.8 Å². The molecule has 0 saturated carbocycles. The van der Waals surface area contributed by atoms with E-state index in [9.17, 15) is 9.59 Å². The lowest BCUT2D eigenvalue weighted by molar-refractivity contribution is -0.143. The van der Waals surface area contributed by atoms with Crippen LogP contribution in [0.3, 0.4) is 0 Å². The number of hydrogen-bond donors (Lipinski definition) is 1. The standard InChI is InChI=1S/C15H23N5O2/c1-10-15(22)20-8-13(17-11(2)21)4-14(20)9-19(10)7-12-5-16-18(3)6-12/h5-6,10,13-14H,4,7-9H2,1-3H3,(H,17,21). The highest BCUT2D eigenvalue weighted by Gasteiger charge is 2.43. The van der Waals surface area contributed by atoms with Crippen LogP contribution in [-0.2, 0) is 23.2 Å². The molecule has 1 N–H and O–H groups in total. The Bertz CT molecular complexity index is 584. The fourth-order valence-electron chi connectivity index (χ4n) is 3.57. The Morgan fingerprint density at radius 3 is 2.86 bits per heavy atom. The van der Waals surface area contributed by atoms with Crippen LogP contribution >= 0.6 is 0 Å². The molecule has 2 amide bonds. The zero-order chi connectivity index (χ0) is 15.9. The van der Waals surface area contributed by atoms with Crippen LogP contribution in [0.15, 0.2) is 12.4 Å². The molecular formula is C15H23N5O2. The van der Waals surface area contributed by atoms with Crippen molar-refractivity contribution >= 4 is 11.8 Å². The molecule has 2 aliphatic heterocycles. The molecule has 22 heavy (non-hydrogen) atoms. The normalized spacial score (nSPS) is 28.8. The van der Waals surface area contributed by atoms with Gasteiger partial charge < -0.3 is 10.2 Å². The van der Waals surface area contributed by atoms with Gasteiger partial charge in [0, 0.05) is 57.4 Å². The Balaban J connectivity index is 1.69. The second-order valence-electron chi connectivity index (χ2n) is 6.41. The van der Waals surface area contributed by atoms with E-state index in [4.69, 9.17) is 0 Å². The molecule has 2 saturated heterocycles. The van der Waals surface area contributed by atoms with Gasteiger partial charge in [-0.3, -0.25) is 19.2 Å². The molecule has 2 fully saturated rings. The predicted octanol–water partition coefficient (Wildman–Crippen LogP) is -0.270. The molecule has 3 atom stereocenters. The largest absolute Gasteiger partial charge is 0.352 e. The number of nitrogens with zero attached hydrogens (tertiary/aromatic N) is 4. The minimum absolute atomic E-state index is 0.0300. The molecule has 0 aromatic carbocycles. The fourth-order valence-corrected chi connectivity index (χ4v) is 3.57. The van der Waals surface area contributed by atoms with Gasteiger partial charge in [-0.05, 0) is 13.3 Å². The summed E-state index contributed by atoms with van der Waals surface area (Å²) < 4.78 is 1.78. The van der Waals surface area contributed by atoms with E-state index in [1.54, 1.807) is 4.68 Å². The summed E-state index contributed by atoms with van der Waals surface area (Å²) in [4.78, 5) is 28.0. The first kappa shape index (κ1) is 15.0. The van der Waals surface area contributed by atoms with E-state index in [0.717, 1.165) is 25.1 Å². The number of amides is 2. The number of hydrogen-bond acceptors (Lipinski definition) is 4. The molecule has 1 aromatic heterocycles. The number of carbonyl (C=O) groups excluding carboxylic acids is 2. The number of aromatic nitrogens is 2. The average molecular weight is 305 g/mol. The van der Waals surface area contributed by atoms with Gasteiger partial charge >= 0.3 is 0 Å². The van der Waals surface area contributed by atoms with Gasteiger partial charge in [0.25, 0.3) is 0 Å². The molecule has 3 heterocycles. The van der Waals surface area contributed by atoms with Crippen LogP contribution < -0.4 is 5.32 Å². The van der Waals surface area contributed by atoms with Crippen molar-refractivity contribution in [3.05, 3.63) is 18.0 Å². The molecule has 0 aliphatic carbocycles. The highest BCUT2D eigenvalue weighted by Crippen LogP contribution is 2.27. The molecule has 1 aromatic rings. The summed E-state index contributed by atoms with van der Waals surface area (Å²) >= 11 is 0. The molecule has 3 unspecified atom stereocenters. The zero-order valence-corrected chi connectivity index (χ0v) is 13.3. The Morgan fingerprint density at radius 1 is 1.45 bits per heavy atom. The molecule has 7 nitrogen and oxygen atoms in total. The smallest absolute Gasteiger partial charge is 0.240 e. The Morgan fingerprint density at radius 2 is 2.23 bits per heavy atom. The third-order valence-corrected chi connectivity index (χ3v) is 4.60. The Labute approximate surface area is 130 Å². The molecule has 3 rings (SSSR count). The van der Waals surface area contributed by atoms with E-state index in [1.165, 1.54) is 6.92 Å². The van der Waals surface area contributed by atoms with Crippen molar-refractivity contribution in [3.63, 3.8) is 0 Å². The third-order valence-electron chi connectivity index (χ3n) is 4.60. The van der Waals surface area contributed by atoms with Crippen LogP contribution in [0.4, 0.5) is 0 Å². The van der Waals surface area contributed by atoms with E-state index in [1.807, 2.05) is 31.3 Å². The first-order valence-corrected chi connectivity index (χ1v) is 7.73. The monoisotopic (exact) mass is 305 g/mol. The minimum atomic E-state index is -0.132. The molecule has 0 bridgehead atoms. The number of piperazine rings is 1. The van der Waals surface area contributed by atoms with Crippen molar-refractivity contribution in [1.29, 1.82) is 0 Å². The van der Waals surface area contributed by atoms with Crippen LogP contribution in [0.5, 0.6) is 0 Å². The van der Waals surface area contributed by atoms with Crippen LogP contribution in [0, 0.1) is 0 Å². The van der Waals surface area contributed by atoms with Gasteiger partial charge in [-0.1, -0.05) is 0 Å². The lowest BCUT2D eigenvalue weighted by Gasteiger charge is -2.41. The molecule has 0 spiro atoms. The minimum Gasteiger partial charge on any atom is -0.352 e. The van der Waals surface area contributed by atoms with E-state index < -0.39 is 0 Å². The summed E-state index contributed by atoms with van der Waals surface area (Å²) in [6.07, 6.45) is 4.66. The Hall–Kier alpha value is -1.89.